The van der Waals surface area contributed by atoms with E-state index in [9.17, 15) is 14.4 Å². The zero-order valence-corrected chi connectivity index (χ0v) is 20.9. The number of ether oxygens (including phenoxy) is 1. The van der Waals surface area contributed by atoms with Gasteiger partial charge in [-0.2, -0.15) is 0 Å². The number of esters is 1. The van der Waals surface area contributed by atoms with E-state index in [2.05, 4.69) is 17.2 Å². The van der Waals surface area contributed by atoms with Crippen LogP contribution in [0, 0.1) is 17.8 Å². The zero-order valence-electron chi connectivity index (χ0n) is 20.9. The molecule has 37 heavy (non-hydrogen) atoms. The average molecular weight is 495 g/mol. The molecule has 0 aromatic heterocycles. The van der Waals surface area contributed by atoms with Gasteiger partial charge in [0.05, 0.1) is 12.7 Å². The van der Waals surface area contributed by atoms with Gasteiger partial charge in [-0.3, -0.25) is 9.59 Å². The van der Waals surface area contributed by atoms with Gasteiger partial charge in [-0.05, 0) is 61.2 Å². The molecule has 0 atom stereocenters. The normalized spacial score (nSPS) is 13.3. The van der Waals surface area contributed by atoms with E-state index >= 15 is 0 Å². The summed E-state index contributed by atoms with van der Waals surface area (Å²) in [4.78, 5) is 39.1. The van der Waals surface area contributed by atoms with Crippen molar-refractivity contribution in [2.75, 3.05) is 25.5 Å². The van der Waals surface area contributed by atoms with Crippen LogP contribution in [0.2, 0.25) is 0 Å². The third-order valence-electron chi connectivity index (χ3n) is 6.45. The number of benzene rings is 3. The number of hydrogen-bond donors (Lipinski definition) is 1. The van der Waals surface area contributed by atoms with E-state index in [1.165, 1.54) is 7.11 Å². The first-order valence-corrected chi connectivity index (χ1v) is 12.4. The van der Waals surface area contributed by atoms with Gasteiger partial charge in [0.2, 0.25) is 11.8 Å². The highest BCUT2D eigenvalue weighted by molar-refractivity contribution is 5.93. The highest BCUT2D eigenvalue weighted by atomic mass is 16.5. The Hall–Kier alpha value is -4.37. The maximum atomic E-state index is 12.9. The second-order valence-electron chi connectivity index (χ2n) is 9.03. The van der Waals surface area contributed by atoms with Gasteiger partial charge in [0.15, 0.2) is 0 Å². The molecule has 6 nitrogen and oxygen atoms in total. The molecule has 0 unspecified atom stereocenters. The van der Waals surface area contributed by atoms with Crippen LogP contribution in [-0.4, -0.2) is 42.9 Å². The number of nitrogens with one attached hydrogen (secondary N) is 1. The number of carbonyl (C=O) groups is 3. The maximum Gasteiger partial charge on any atom is 0.337 e. The van der Waals surface area contributed by atoms with Gasteiger partial charge in [-0.15, -0.1) is 0 Å². The van der Waals surface area contributed by atoms with E-state index in [4.69, 9.17) is 4.74 Å². The third kappa shape index (κ3) is 7.31. The Morgan fingerprint density at radius 3 is 2.27 bits per heavy atom. The smallest absolute Gasteiger partial charge is 0.337 e. The van der Waals surface area contributed by atoms with Gasteiger partial charge in [-0.25, -0.2) is 4.79 Å². The van der Waals surface area contributed by atoms with Crippen molar-refractivity contribution in [3.63, 3.8) is 0 Å². The molecular weight excluding hydrogens is 464 g/mol. The van der Waals surface area contributed by atoms with Crippen LogP contribution >= 0.6 is 0 Å². The third-order valence-corrected chi connectivity index (χ3v) is 6.45. The standard InChI is InChI=1S/C31H30N2O4/c1-37-31(36)27-11-5-9-24(21-27)13-14-25-10-6-12-28(22-25)32-30(35)26-17-19-33(20-18-26)29(34)16-15-23-7-3-2-4-8-23/h2-12,21-22,26H,15-20H2,1H3,(H,32,35). The lowest BCUT2D eigenvalue weighted by Crippen LogP contribution is -2.41. The Bertz CT molecular complexity index is 1320. The molecule has 4 rings (SSSR count). The number of hydrogen-bond acceptors (Lipinski definition) is 4. The molecule has 1 N–H and O–H groups in total. The predicted molar refractivity (Wildman–Crippen MR) is 143 cm³/mol. The minimum Gasteiger partial charge on any atom is -0.465 e. The molecule has 0 spiro atoms. The number of carbonyl (C=O) groups excluding carboxylic acids is 3. The molecule has 188 valence electrons. The van der Waals surface area contributed by atoms with E-state index in [0.717, 1.165) is 17.5 Å². The van der Waals surface area contributed by atoms with E-state index in [0.29, 0.717) is 49.2 Å². The second kappa shape index (κ2) is 12.5. The topological polar surface area (TPSA) is 75.7 Å². The van der Waals surface area contributed by atoms with Crippen LogP contribution < -0.4 is 5.32 Å². The Morgan fingerprint density at radius 1 is 0.892 bits per heavy atom. The number of methoxy groups -OCH3 is 1. The largest absolute Gasteiger partial charge is 0.465 e. The highest BCUT2D eigenvalue weighted by Gasteiger charge is 2.27. The monoisotopic (exact) mass is 494 g/mol. The first kappa shape index (κ1) is 25.7. The number of amides is 2. The van der Waals surface area contributed by atoms with Gasteiger partial charge in [0.1, 0.15) is 0 Å². The lowest BCUT2D eigenvalue weighted by molar-refractivity contribution is -0.134. The molecule has 1 fully saturated rings. The molecular formula is C31H30N2O4. The summed E-state index contributed by atoms with van der Waals surface area (Å²) in [6.07, 6.45) is 2.52. The summed E-state index contributed by atoms with van der Waals surface area (Å²) in [6, 6.07) is 24.3. The van der Waals surface area contributed by atoms with Gasteiger partial charge in [0.25, 0.3) is 0 Å². The Morgan fingerprint density at radius 2 is 1.57 bits per heavy atom. The van der Waals surface area contributed by atoms with Gasteiger partial charge >= 0.3 is 5.97 Å². The van der Waals surface area contributed by atoms with Crippen LogP contribution in [0.25, 0.3) is 0 Å². The molecule has 0 aliphatic carbocycles. The van der Waals surface area contributed by atoms with Crippen LogP contribution in [0.1, 0.15) is 46.3 Å². The van der Waals surface area contributed by atoms with Crippen LogP contribution in [0.4, 0.5) is 5.69 Å². The summed E-state index contributed by atoms with van der Waals surface area (Å²) in [5, 5.41) is 3.00. The molecule has 1 heterocycles. The number of likely N-dealkylation sites (tertiary alicyclic amines) is 1. The summed E-state index contributed by atoms with van der Waals surface area (Å²) in [5.74, 6) is 5.71. The van der Waals surface area contributed by atoms with Crippen LogP contribution in [0.3, 0.4) is 0 Å². The zero-order chi connectivity index (χ0) is 26.0. The summed E-state index contributed by atoms with van der Waals surface area (Å²) >= 11 is 0. The molecule has 1 aliphatic heterocycles. The minimum atomic E-state index is -0.407. The molecule has 3 aromatic rings. The number of anilines is 1. The Balaban J connectivity index is 1.29. The molecule has 0 saturated carbocycles. The van der Waals surface area contributed by atoms with Crippen molar-refractivity contribution in [1.82, 2.24) is 4.90 Å². The molecule has 1 saturated heterocycles. The predicted octanol–water partition coefficient (Wildman–Crippen LogP) is 4.68. The van der Waals surface area contributed by atoms with Crippen molar-refractivity contribution in [2.24, 2.45) is 5.92 Å². The van der Waals surface area contributed by atoms with Gasteiger partial charge < -0.3 is 15.0 Å². The highest BCUT2D eigenvalue weighted by Crippen LogP contribution is 2.21. The fraction of sp³-hybridized carbons (Fsp3) is 0.258. The van der Waals surface area contributed by atoms with Crippen LogP contribution in [0.5, 0.6) is 0 Å². The molecule has 3 aromatic carbocycles. The Kier molecular flexibility index (Phi) is 8.72. The fourth-order valence-electron chi connectivity index (χ4n) is 4.35. The summed E-state index contributed by atoms with van der Waals surface area (Å²) in [7, 11) is 1.34. The molecule has 1 aliphatic rings. The first-order chi connectivity index (χ1) is 18.0. The van der Waals surface area contributed by atoms with Crippen molar-refractivity contribution in [3.8, 4) is 11.8 Å². The number of nitrogens with zero attached hydrogens (tertiary/aromatic N) is 1. The molecule has 0 bridgehead atoms. The summed E-state index contributed by atoms with van der Waals surface area (Å²) in [6.45, 7) is 1.20. The van der Waals surface area contributed by atoms with E-state index < -0.39 is 5.97 Å². The van der Waals surface area contributed by atoms with E-state index in [1.54, 1.807) is 18.2 Å². The lowest BCUT2D eigenvalue weighted by Gasteiger charge is -2.31. The van der Waals surface area contributed by atoms with Crippen molar-refractivity contribution >= 4 is 23.5 Å². The second-order valence-corrected chi connectivity index (χ2v) is 9.03. The average Bonchev–Trinajstić information content (AvgIpc) is 2.95. The van der Waals surface area contributed by atoms with E-state index in [1.807, 2.05) is 65.6 Å². The first-order valence-electron chi connectivity index (χ1n) is 12.4. The molecule has 0 radical (unpaired) electrons. The van der Waals surface area contributed by atoms with Gasteiger partial charge in [0, 0.05) is 42.2 Å². The lowest BCUT2D eigenvalue weighted by atomic mass is 9.95. The van der Waals surface area contributed by atoms with Crippen LogP contribution in [-0.2, 0) is 20.7 Å². The summed E-state index contributed by atoms with van der Waals surface area (Å²) in [5.41, 5.74) is 3.73. The summed E-state index contributed by atoms with van der Waals surface area (Å²) < 4.78 is 4.76. The number of rotatable bonds is 6. The minimum absolute atomic E-state index is 0.0349. The van der Waals surface area contributed by atoms with Crippen molar-refractivity contribution in [1.29, 1.82) is 0 Å². The Labute approximate surface area is 217 Å². The number of piperidine rings is 1. The quantitative estimate of drug-likeness (QED) is 0.399. The van der Waals surface area contributed by atoms with E-state index in [-0.39, 0.29) is 17.7 Å². The van der Waals surface area contributed by atoms with Crippen LogP contribution in [0.15, 0.2) is 78.9 Å². The SMILES string of the molecule is COC(=O)c1cccc(C#Cc2cccc(NC(=O)C3CCN(C(=O)CCc4ccccc4)CC3)c2)c1. The van der Waals surface area contributed by atoms with Crippen molar-refractivity contribution in [3.05, 3.63) is 101 Å². The molecule has 2 amide bonds. The maximum absolute atomic E-state index is 12.9. The fourth-order valence-corrected chi connectivity index (χ4v) is 4.35. The van der Waals surface area contributed by atoms with Gasteiger partial charge in [-0.1, -0.05) is 54.3 Å². The molecule has 6 heteroatoms. The van der Waals surface area contributed by atoms with Crippen molar-refractivity contribution < 1.29 is 19.1 Å². The number of aryl methyl sites for hydroxylation is 1. The van der Waals surface area contributed by atoms with Crippen molar-refractivity contribution in [2.45, 2.75) is 25.7 Å².